The van der Waals surface area contributed by atoms with E-state index in [1.165, 1.54) is 11.3 Å². The van der Waals surface area contributed by atoms with Crippen molar-refractivity contribution in [3.8, 4) is 0 Å². The van der Waals surface area contributed by atoms with Crippen molar-refractivity contribution in [1.82, 2.24) is 0 Å². The smallest absolute Gasteiger partial charge is 0.291 e. The van der Waals surface area contributed by atoms with Crippen LogP contribution in [-0.2, 0) is 11.2 Å². The van der Waals surface area contributed by atoms with Crippen LogP contribution in [0.4, 0.5) is 5.69 Å². The first kappa shape index (κ1) is 16.8. The molecule has 1 unspecified atom stereocenters. The van der Waals surface area contributed by atoms with Crippen LogP contribution >= 0.6 is 11.3 Å². The first-order chi connectivity index (χ1) is 12.7. The largest absolute Gasteiger partial charge is 0.322 e. The highest BCUT2D eigenvalue weighted by atomic mass is 32.1. The number of carbonyl (C=O) groups is 2. The van der Waals surface area contributed by atoms with Crippen LogP contribution < -0.4 is 5.32 Å². The average Bonchev–Trinajstić information content (AvgIpc) is 3.20. The summed E-state index contributed by atoms with van der Waals surface area (Å²) in [7, 11) is 0. The zero-order valence-corrected chi connectivity index (χ0v) is 15.1. The lowest BCUT2D eigenvalue weighted by molar-refractivity contribution is -0.115. The third-order valence-corrected chi connectivity index (χ3v) is 5.54. The molecule has 1 aliphatic carbocycles. The van der Waals surface area contributed by atoms with E-state index in [9.17, 15) is 9.59 Å². The van der Waals surface area contributed by atoms with Crippen LogP contribution in [0.2, 0.25) is 0 Å². The van der Waals surface area contributed by atoms with Crippen LogP contribution in [-0.4, -0.2) is 17.9 Å². The molecular formula is C20H19N3O2S. The highest BCUT2D eigenvalue weighted by Gasteiger charge is 2.28. The van der Waals surface area contributed by atoms with Crippen molar-refractivity contribution in [2.24, 2.45) is 10.2 Å². The normalized spacial score (nSPS) is 19.4. The minimum atomic E-state index is -0.160. The highest BCUT2D eigenvalue weighted by Crippen LogP contribution is 2.33. The number of amides is 2. The Balaban J connectivity index is 1.50. The zero-order chi connectivity index (χ0) is 17.9. The Morgan fingerprint density at radius 1 is 1.23 bits per heavy atom. The standard InChI is InChI=1S/C20H19N3O2S/c24-19(14-8-9-26-12-14)21-15-5-3-4-13(10-15)11-18-16-6-1-2-7-17(16)20(25)23-22-18/h3-5,8-10,12,18H,1-2,6-7,11H2,(H,21,24). The van der Waals surface area contributed by atoms with Gasteiger partial charge in [-0.05, 0) is 60.4 Å². The molecule has 6 heteroatoms. The van der Waals surface area contributed by atoms with E-state index < -0.39 is 0 Å². The molecule has 1 atom stereocenters. The van der Waals surface area contributed by atoms with Crippen LogP contribution in [0, 0.1) is 0 Å². The van der Waals surface area contributed by atoms with Crippen molar-refractivity contribution in [2.75, 3.05) is 5.32 Å². The first-order valence-corrected chi connectivity index (χ1v) is 9.74. The van der Waals surface area contributed by atoms with E-state index in [1.807, 2.05) is 35.0 Å². The first-order valence-electron chi connectivity index (χ1n) is 8.80. The summed E-state index contributed by atoms with van der Waals surface area (Å²) in [5.41, 5.74) is 4.53. The van der Waals surface area contributed by atoms with Gasteiger partial charge in [0, 0.05) is 23.1 Å². The SMILES string of the molecule is O=C1N=NC(Cc2cccc(NC(=O)c3ccsc3)c2)C2=C1CCCC2. The Kier molecular flexibility index (Phi) is 4.75. The summed E-state index contributed by atoms with van der Waals surface area (Å²) < 4.78 is 0. The zero-order valence-electron chi connectivity index (χ0n) is 14.3. The maximum absolute atomic E-state index is 12.2. The summed E-state index contributed by atoms with van der Waals surface area (Å²) in [5.74, 6) is -0.267. The molecular weight excluding hydrogens is 346 g/mol. The number of thiophene rings is 1. The van der Waals surface area contributed by atoms with Gasteiger partial charge in [0.05, 0.1) is 11.6 Å². The van der Waals surface area contributed by atoms with Gasteiger partial charge in [-0.2, -0.15) is 16.5 Å². The Hall–Kier alpha value is -2.60. The number of rotatable bonds is 4. The number of benzene rings is 1. The molecule has 2 aromatic rings. The summed E-state index contributed by atoms with van der Waals surface area (Å²) in [4.78, 5) is 24.2. The lowest BCUT2D eigenvalue weighted by atomic mass is 9.84. The molecule has 1 aromatic heterocycles. The fourth-order valence-electron chi connectivity index (χ4n) is 3.55. The van der Waals surface area contributed by atoms with Crippen molar-refractivity contribution >= 4 is 28.8 Å². The fourth-order valence-corrected chi connectivity index (χ4v) is 4.19. The molecule has 0 radical (unpaired) electrons. The maximum atomic E-state index is 12.2. The highest BCUT2D eigenvalue weighted by molar-refractivity contribution is 7.08. The van der Waals surface area contributed by atoms with Gasteiger partial charge < -0.3 is 5.32 Å². The van der Waals surface area contributed by atoms with Gasteiger partial charge in [-0.15, -0.1) is 5.11 Å². The summed E-state index contributed by atoms with van der Waals surface area (Å²) >= 11 is 1.50. The third-order valence-electron chi connectivity index (χ3n) is 4.86. The predicted molar refractivity (Wildman–Crippen MR) is 102 cm³/mol. The maximum Gasteiger partial charge on any atom is 0.291 e. The summed E-state index contributed by atoms with van der Waals surface area (Å²) in [6.45, 7) is 0. The van der Waals surface area contributed by atoms with Crippen molar-refractivity contribution < 1.29 is 9.59 Å². The van der Waals surface area contributed by atoms with Gasteiger partial charge in [-0.25, -0.2) is 0 Å². The van der Waals surface area contributed by atoms with Crippen LogP contribution in [0.15, 0.2) is 62.5 Å². The van der Waals surface area contributed by atoms with E-state index in [2.05, 4.69) is 15.5 Å². The molecule has 0 saturated heterocycles. The van der Waals surface area contributed by atoms with E-state index in [0.29, 0.717) is 12.0 Å². The molecule has 2 heterocycles. The van der Waals surface area contributed by atoms with Gasteiger partial charge in [-0.1, -0.05) is 12.1 Å². The number of azo groups is 1. The number of anilines is 1. The van der Waals surface area contributed by atoms with Gasteiger partial charge in [0.25, 0.3) is 11.8 Å². The number of hydrogen-bond acceptors (Lipinski definition) is 4. The number of nitrogens with zero attached hydrogens (tertiary/aromatic N) is 2. The molecule has 2 aliphatic rings. The quantitative estimate of drug-likeness (QED) is 0.847. The van der Waals surface area contributed by atoms with Gasteiger partial charge in [0.15, 0.2) is 0 Å². The van der Waals surface area contributed by atoms with Crippen molar-refractivity contribution in [3.05, 3.63) is 63.4 Å². The molecule has 2 amide bonds. The van der Waals surface area contributed by atoms with Crippen molar-refractivity contribution in [1.29, 1.82) is 0 Å². The van der Waals surface area contributed by atoms with Crippen LogP contribution in [0.3, 0.4) is 0 Å². The molecule has 132 valence electrons. The molecule has 0 bridgehead atoms. The topological polar surface area (TPSA) is 70.9 Å². The molecule has 26 heavy (non-hydrogen) atoms. The second kappa shape index (κ2) is 7.33. The predicted octanol–water partition coefficient (Wildman–Crippen LogP) is 4.77. The number of carbonyl (C=O) groups excluding carboxylic acids is 2. The molecule has 1 aliphatic heterocycles. The van der Waals surface area contributed by atoms with E-state index in [4.69, 9.17) is 0 Å². The second-order valence-electron chi connectivity index (χ2n) is 6.62. The monoisotopic (exact) mass is 365 g/mol. The molecule has 5 nitrogen and oxygen atoms in total. The Labute approximate surface area is 155 Å². The summed E-state index contributed by atoms with van der Waals surface area (Å²) in [6, 6.07) is 9.55. The van der Waals surface area contributed by atoms with Gasteiger partial charge >= 0.3 is 0 Å². The van der Waals surface area contributed by atoms with Crippen molar-refractivity contribution in [2.45, 2.75) is 38.1 Å². The van der Waals surface area contributed by atoms with Crippen LogP contribution in [0.1, 0.15) is 41.6 Å². The number of nitrogens with one attached hydrogen (secondary N) is 1. The van der Waals surface area contributed by atoms with Gasteiger partial charge in [-0.3, -0.25) is 9.59 Å². The van der Waals surface area contributed by atoms with Crippen molar-refractivity contribution in [3.63, 3.8) is 0 Å². The minimum absolute atomic E-state index is 0.0641. The van der Waals surface area contributed by atoms with E-state index >= 15 is 0 Å². The summed E-state index contributed by atoms with van der Waals surface area (Å²) in [6.07, 6.45) is 4.60. The second-order valence-corrected chi connectivity index (χ2v) is 7.40. The lowest BCUT2D eigenvalue weighted by Gasteiger charge is -2.25. The van der Waals surface area contributed by atoms with Crippen LogP contribution in [0.5, 0.6) is 0 Å². The molecule has 4 rings (SSSR count). The Morgan fingerprint density at radius 2 is 2.12 bits per heavy atom. The molecule has 0 spiro atoms. The molecule has 0 fully saturated rings. The fraction of sp³-hybridized carbons (Fsp3) is 0.300. The molecule has 1 N–H and O–H groups in total. The van der Waals surface area contributed by atoms with Gasteiger partial charge in [0.1, 0.15) is 0 Å². The Bertz CT molecular complexity index is 900. The van der Waals surface area contributed by atoms with Gasteiger partial charge in [0.2, 0.25) is 0 Å². The van der Waals surface area contributed by atoms with E-state index in [-0.39, 0.29) is 17.9 Å². The minimum Gasteiger partial charge on any atom is -0.322 e. The molecule has 1 aromatic carbocycles. The third kappa shape index (κ3) is 3.51. The average molecular weight is 365 g/mol. The van der Waals surface area contributed by atoms with Crippen LogP contribution in [0.25, 0.3) is 0 Å². The Morgan fingerprint density at radius 3 is 2.96 bits per heavy atom. The number of hydrogen-bond donors (Lipinski definition) is 1. The summed E-state index contributed by atoms with van der Waals surface area (Å²) in [5, 5.41) is 14.8. The van der Waals surface area contributed by atoms with E-state index in [0.717, 1.165) is 48.1 Å². The lowest BCUT2D eigenvalue weighted by Crippen LogP contribution is -2.23. The van der Waals surface area contributed by atoms with E-state index in [1.54, 1.807) is 6.07 Å². The molecule has 0 saturated carbocycles.